The number of benzene rings is 1. The summed E-state index contributed by atoms with van der Waals surface area (Å²) in [5.41, 5.74) is 7.54. The minimum absolute atomic E-state index is 0.351. The number of hydrogen-bond acceptors (Lipinski definition) is 7. The van der Waals surface area contributed by atoms with E-state index in [0.29, 0.717) is 41.4 Å². The molecule has 1 spiro atoms. The Bertz CT molecular complexity index is 1030. The molecule has 1 aliphatic heterocycles. The number of nitrogens with zero attached hydrogens (tertiary/aromatic N) is 4. The highest BCUT2D eigenvalue weighted by Gasteiger charge is 2.46. The summed E-state index contributed by atoms with van der Waals surface area (Å²) >= 11 is 0. The number of nitrogens with two attached hydrogens (primary N) is 1. The van der Waals surface area contributed by atoms with Gasteiger partial charge >= 0.3 is 0 Å². The van der Waals surface area contributed by atoms with Crippen LogP contribution < -0.4 is 25.4 Å². The van der Waals surface area contributed by atoms with Crippen molar-refractivity contribution in [3.05, 3.63) is 24.4 Å². The monoisotopic (exact) mass is 450 g/mol. The van der Waals surface area contributed by atoms with E-state index in [1.54, 1.807) is 13.3 Å². The molecular weight excluding hydrogens is 416 g/mol. The molecule has 1 unspecified atom stereocenters. The van der Waals surface area contributed by atoms with E-state index in [2.05, 4.69) is 34.2 Å². The molecule has 1 aromatic heterocycles. The Morgan fingerprint density at radius 1 is 1.30 bits per heavy atom. The lowest BCUT2D eigenvalue weighted by atomic mass is 9.54. The molecule has 176 valence electrons. The van der Waals surface area contributed by atoms with Crippen LogP contribution >= 0.6 is 0 Å². The minimum Gasteiger partial charge on any atom is -0.494 e. The zero-order valence-electron chi connectivity index (χ0n) is 19.8. The van der Waals surface area contributed by atoms with Crippen molar-refractivity contribution < 1.29 is 9.47 Å². The van der Waals surface area contributed by atoms with Crippen LogP contribution in [0.3, 0.4) is 0 Å². The van der Waals surface area contributed by atoms with Gasteiger partial charge in [0.15, 0.2) is 11.6 Å². The molecule has 5 rings (SSSR count). The fourth-order valence-electron chi connectivity index (χ4n) is 6.21. The number of nitrogens with one attached hydrogen (secondary N) is 1. The second kappa shape index (κ2) is 8.72. The maximum atomic E-state index is 6.11. The van der Waals surface area contributed by atoms with Crippen molar-refractivity contribution in [2.45, 2.75) is 51.5 Å². The van der Waals surface area contributed by atoms with E-state index in [1.165, 1.54) is 44.9 Å². The minimum atomic E-state index is 0.351. The summed E-state index contributed by atoms with van der Waals surface area (Å²) in [6.45, 7) is 3.09. The van der Waals surface area contributed by atoms with E-state index in [9.17, 15) is 0 Å². The first-order chi connectivity index (χ1) is 16.0. The molecule has 2 aliphatic carbocycles. The second-order valence-electron chi connectivity index (χ2n) is 10.0. The largest absolute Gasteiger partial charge is 0.494 e. The number of aliphatic imine (C=N–C) groups is 1. The highest BCUT2D eigenvalue weighted by Crippen LogP contribution is 2.56. The van der Waals surface area contributed by atoms with Gasteiger partial charge in [-0.15, -0.1) is 0 Å². The Kier molecular flexibility index (Phi) is 5.76. The van der Waals surface area contributed by atoms with Crippen LogP contribution in [0.1, 0.15) is 45.4 Å². The second-order valence-corrected chi connectivity index (χ2v) is 10.0. The van der Waals surface area contributed by atoms with Gasteiger partial charge in [-0.2, -0.15) is 4.98 Å². The third-order valence-corrected chi connectivity index (χ3v) is 7.82. The topological polar surface area (TPSA) is 97.9 Å². The van der Waals surface area contributed by atoms with Gasteiger partial charge in [-0.1, -0.05) is 6.92 Å². The number of anilines is 3. The molecule has 2 saturated carbocycles. The predicted molar refractivity (Wildman–Crippen MR) is 131 cm³/mol. The molecule has 8 nitrogen and oxygen atoms in total. The molecule has 1 atom stereocenters. The van der Waals surface area contributed by atoms with E-state index in [0.717, 1.165) is 23.2 Å². The van der Waals surface area contributed by atoms with Crippen LogP contribution in [0.25, 0.3) is 0 Å². The van der Waals surface area contributed by atoms with Gasteiger partial charge in [-0.3, -0.25) is 0 Å². The maximum Gasteiger partial charge on any atom is 0.229 e. The fraction of sp³-hybridized carbons (Fsp3) is 0.560. The van der Waals surface area contributed by atoms with Gasteiger partial charge in [0.25, 0.3) is 0 Å². The number of fused-ring (bicyclic) bond motifs is 1. The first kappa shape index (κ1) is 21.8. The zero-order valence-corrected chi connectivity index (χ0v) is 19.8. The summed E-state index contributed by atoms with van der Waals surface area (Å²) in [4.78, 5) is 15.7. The van der Waals surface area contributed by atoms with Crippen molar-refractivity contribution in [1.29, 1.82) is 0 Å². The molecule has 3 aliphatic rings. The molecule has 0 bridgehead atoms. The molecule has 0 radical (unpaired) electrons. The van der Waals surface area contributed by atoms with Crippen molar-refractivity contribution in [2.24, 2.45) is 28.0 Å². The van der Waals surface area contributed by atoms with Gasteiger partial charge in [0.05, 0.1) is 25.7 Å². The highest BCUT2D eigenvalue weighted by atomic mass is 16.5. The van der Waals surface area contributed by atoms with E-state index in [-0.39, 0.29) is 0 Å². The van der Waals surface area contributed by atoms with Crippen LogP contribution in [0.5, 0.6) is 11.5 Å². The average molecular weight is 451 g/mol. The lowest BCUT2D eigenvalue weighted by molar-refractivity contribution is 0.00119. The summed E-state index contributed by atoms with van der Waals surface area (Å²) in [5, 5.41) is 3.28. The summed E-state index contributed by atoms with van der Waals surface area (Å²) in [6.07, 6.45) is 11.2. The molecular formula is C25H34N6O2. The van der Waals surface area contributed by atoms with E-state index in [4.69, 9.17) is 20.2 Å². The molecule has 2 fully saturated rings. The number of hydrogen-bond donors (Lipinski definition) is 2. The van der Waals surface area contributed by atoms with Gasteiger partial charge < -0.3 is 25.4 Å². The van der Waals surface area contributed by atoms with E-state index < -0.39 is 0 Å². The fourth-order valence-corrected chi connectivity index (χ4v) is 6.21. The SMILES string of the molecule is COc1cc(Nc2ncc3c(n2)N(C)C(C2CCC4(CC2)CC(C)C4)CO3)ccc1N=CN. The van der Waals surface area contributed by atoms with Crippen LogP contribution in [-0.2, 0) is 0 Å². The Morgan fingerprint density at radius 2 is 2.09 bits per heavy atom. The van der Waals surface area contributed by atoms with Crippen LogP contribution in [0.4, 0.5) is 23.1 Å². The van der Waals surface area contributed by atoms with Crippen molar-refractivity contribution in [1.82, 2.24) is 9.97 Å². The Morgan fingerprint density at radius 3 is 2.79 bits per heavy atom. The summed E-state index contributed by atoms with van der Waals surface area (Å²) in [6, 6.07) is 5.94. The van der Waals surface area contributed by atoms with Crippen molar-refractivity contribution in [3.8, 4) is 11.5 Å². The van der Waals surface area contributed by atoms with Gasteiger partial charge in [0.1, 0.15) is 18.0 Å². The molecule has 0 amide bonds. The number of aromatic nitrogens is 2. The Labute approximate surface area is 195 Å². The number of likely N-dealkylation sites (N-methyl/N-ethyl adjacent to an activating group) is 1. The van der Waals surface area contributed by atoms with Crippen LogP contribution in [0.2, 0.25) is 0 Å². The van der Waals surface area contributed by atoms with Crippen molar-refractivity contribution in [3.63, 3.8) is 0 Å². The van der Waals surface area contributed by atoms with Crippen molar-refractivity contribution >= 4 is 29.5 Å². The van der Waals surface area contributed by atoms with Gasteiger partial charge in [0.2, 0.25) is 5.95 Å². The van der Waals surface area contributed by atoms with Gasteiger partial charge in [-0.25, -0.2) is 9.98 Å². The normalized spacial score (nSPS) is 28.8. The zero-order chi connectivity index (χ0) is 23.0. The van der Waals surface area contributed by atoms with Gasteiger partial charge in [0, 0.05) is 18.8 Å². The Balaban J connectivity index is 1.29. The van der Waals surface area contributed by atoms with E-state index in [1.807, 2.05) is 18.2 Å². The molecule has 8 heteroatoms. The third-order valence-electron chi connectivity index (χ3n) is 7.82. The predicted octanol–water partition coefficient (Wildman–Crippen LogP) is 4.65. The lowest BCUT2D eigenvalue weighted by Crippen LogP contribution is -2.49. The maximum absolute atomic E-state index is 6.11. The molecule has 2 aromatic rings. The number of rotatable bonds is 5. The first-order valence-corrected chi connectivity index (χ1v) is 11.9. The summed E-state index contributed by atoms with van der Waals surface area (Å²) in [7, 11) is 3.75. The standard InChI is InChI=1S/C25H34N6O2/c1-16-11-25(12-16)8-6-17(7-9-25)20-14-33-22-13-27-24(30-23(22)31(20)2)29-18-4-5-19(28-15-26)21(10-18)32-3/h4-5,10,13,15-17,20H,6-9,11-12,14H2,1-3H3,(H2,26,28)(H,27,29,30). The van der Waals surface area contributed by atoms with Crippen LogP contribution in [0.15, 0.2) is 29.4 Å². The molecule has 0 saturated heterocycles. The number of methoxy groups -OCH3 is 1. The third kappa shape index (κ3) is 4.18. The average Bonchev–Trinajstić information content (AvgIpc) is 2.81. The molecule has 33 heavy (non-hydrogen) atoms. The lowest BCUT2D eigenvalue weighted by Gasteiger charge is -2.52. The van der Waals surface area contributed by atoms with Crippen molar-refractivity contribution in [2.75, 3.05) is 31.0 Å². The molecule has 3 N–H and O–H groups in total. The number of ether oxygens (including phenoxy) is 2. The van der Waals surface area contributed by atoms with Gasteiger partial charge in [-0.05, 0) is 67.9 Å². The first-order valence-electron chi connectivity index (χ1n) is 11.9. The molecule has 1 aromatic carbocycles. The summed E-state index contributed by atoms with van der Waals surface area (Å²) < 4.78 is 11.5. The highest BCUT2D eigenvalue weighted by molar-refractivity contribution is 5.69. The molecule has 2 heterocycles. The van der Waals surface area contributed by atoms with Crippen LogP contribution in [0, 0.1) is 17.3 Å². The Hall–Kier alpha value is -3.03. The quantitative estimate of drug-likeness (QED) is 0.505. The summed E-state index contributed by atoms with van der Waals surface area (Å²) in [5.74, 6) is 4.30. The van der Waals surface area contributed by atoms with Crippen LogP contribution in [-0.4, -0.2) is 43.1 Å². The smallest absolute Gasteiger partial charge is 0.229 e. The van der Waals surface area contributed by atoms with E-state index >= 15 is 0 Å².